The van der Waals surface area contributed by atoms with Crippen LogP contribution in [0.2, 0.25) is 0 Å². The molecule has 0 N–H and O–H groups in total. The Morgan fingerprint density at radius 3 is 2.65 bits per heavy atom. The van der Waals surface area contributed by atoms with Crippen LogP contribution in [0.1, 0.15) is 43.2 Å². The maximum absolute atomic E-state index is 13.3. The molecular formula is C28H32N2O4. The first-order valence-electron chi connectivity index (χ1n) is 12.0. The third-order valence-corrected chi connectivity index (χ3v) is 6.00. The predicted molar refractivity (Wildman–Crippen MR) is 131 cm³/mol. The summed E-state index contributed by atoms with van der Waals surface area (Å²) < 4.78 is 17.6. The van der Waals surface area contributed by atoms with Crippen molar-refractivity contribution in [2.75, 3.05) is 20.3 Å². The molecule has 0 aliphatic carbocycles. The fourth-order valence-corrected chi connectivity index (χ4v) is 4.14. The number of carbonyl (C=O) groups is 1. The standard InChI is InChI=1S/C28H32N2O4/c1-32-24-13-5-4-11-22(24)16-17-27(31)30-19-8-2-3-9-20-33-25-14-6-7-15-26(25)34-28-23(21-30)12-10-18-29-28/h4-7,10-15,18H,2-3,8-9,16-17,19-21H2,1H3. The number of hydrogen-bond donors (Lipinski definition) is 0. The minimum atomic E-state index is 0.122. The Morgan fingerprint density at radius 2 is 1.76 bits per heavy atom. The van der Waals surface area contributed by atoms with Crippen LogP contribution in [0.25, 0.3) is 0 Å². The van der Waals surface area contributed by atoms with E-state index in [1.54, 1.807) is 13.3 Å². The number of amides is 1. The molecule has 34 heavy (non-hydrogen) atoms. The SMILES string of the molecule is COc1ccccc1CCC(=O)N1CCCCCCOc2ccccc2Oc2ncccc2C1. The van der Waals surface area contributed by atoms with Gasteiger partial charge in [0, 0.05) is 24.7 Å². The van der Waals surface area contributed by atoms with Crippen LogP contribution in [-0.4, -0.2) is 36.1 Å². The first-order valence-corrected chi connectivity index (χ1v) is 12.0. The number of nitrogens with zero attached hydrogens (tertiary/aromatic N) is 2. The van der Waals surface area contributed by atoms with Gasteiger partial charge < -0.3 is 19.1 Å². The van der Waals surface area contributed by atoms with E-state index in [2.05, 4.69) is 4.98 Å². The summed E-state index contributed by atoms with van der Waals surface area (Å²) in [6.45, 7) is 1.80. The Bertz CT molecular complexity index is 1090. The Morgan fingerprint density at radius 1 is 0.971 bits per heavy atom. The largest absolute Gasteiger partial charge is 0.496 e. The minimum Gasteiger partial charge on any atom is -0.496 e. The smallest absolute Gasteiger partial charge is 0.224 e. The van der Waals surface area contributed by atoms with Crippen LogP contribution < -0.4 is 14.2 Å². The van der Waals surface area contributed by atoms with E-state index in [9.17, 15) is 4.79 Å². The van der Waals surface area contributed by atoms with Gasteiger partial charge in [0.1, 0.15) is 5.75 Å². The molecule has 0 fully saturated rings. The molecule has 2 heterocycles. The van der Waals surface area contributed by atoms with E-state index >= 15 is 0 Å². The lowest BCUT2D eigenvalue weighted by atomic mass is 10.1. The summed E-state index contributed by atoms with van der Waals surface area (Å²) >= 11 is 0. The van der Waals surface area contributed by atoms with Gasteiger partial charge in [-0.3, -0.25) is 4.79 Å². The van der Waals surface area contributed by atoms with Crippen LogP contribution in [0.5, 0.6) is 23.1 Å². The quantitative estimate of drug-likeness (QED) is 0.493. The van der Waals surface area contributed by atoms with Crippen LogP contribution in [0, 0.1) is 0 Å². The number of aromatic nitrogens is 1. The minimum absolute atomic E-state index is 0.122. The van der Waals surface area contributed by atoms with Gasteiger partial charge in [0.25, 0.3) is 0 Å². The van der Waals surface area contributed by atoms with Gasteiger partial charge in [0.15, 0.2) is 11.5 Å². The number of ether oxygens (including phenoxy) is 3. The van der Waals surface area contributed by atoms with E-state index in [4.69, 9.17) is 14.2 Å². The topological polar surface area (TPSA) is 60.9 Å². The van der Waals surface area contributed by atoms with Crippen LogP contribution in [0.4, 0.5) is 0 Å². The zero-order valence-electron chi connectivity index (χ0n) is 19.7. The molecule has 6 heteroatoms. The predicted octanol–water partition coefficient (Wildman–Crippen LogP) is 5.80. The van der Waals surface area contributed by atoms with Crippen molar-refractivity contribution in [1.29, 1.82) is 0 Å². The second-order valence-electron chi connectivity index (χ2n) is 8.41. The molecule has 178 valence electrons. The van der Waals surface area contributed by atoms with Crippen molar-refractivity contribution in [3.05, 3.63) is 78.0 Å². The van der Waals surface area contributed by atoms with Crippen molar-refractivity contribution in [2.24, 2.45) is 0 Å². The van der Waals surface area contributed by atoms with Crippen molar-refractivity contribution in [1.82, 2.24) is 9.88 Å². The van der Waals surface area contributed by atoms with E-state index < -0.39 is 0 Å². The Hall–Kier alpha value is -3.54. The summed E-state index contributed by atoms with van der Waals surface area (Å²) in [5.74, 6) is 2.78. The molecule has 0 saturated carbocycles. The summed E-state index contributed by atoms with van der Waals surface area (Å²) in [5.41, 5.74) is 1.92. The van der Waals surface area contributed by atoms with Crippen molar-refractivity contribution in [2.45, 2.75) is 45.1 Å². The van der Waals surface area contributed by atoms with Gasteiger partial charge in [-0.25, -0.2) is 4.98 Å². The Balaban J connectivity index is 1.54. The average Bonchev–Trinajstić information content (AvgIpc) is 2.87. The van der Waals surface area contributed by atoms with E-state index in [1.807, 2.05) is 65.6 Å². The molecule has 1 amide bonds. The Labute approximate surface area is 201 Å². The number of carbonyl (C=O) groups excluding carboxylic acids is 1. The van der Waals surface area contributed by atoms with E-state index in [1.165, 1.54) is 0 Å². The fourth-order valence-electron chi connectivity index (χ4n) is 4.14. The lowest BCUT2D eigenvalue weighted by molar-refractivity contribution is -0.131. The first kappa shape index (κ1) is 23.6. The van der Waals surface area contributed by atoms with Gasteiger partial charge >= 0.3 is 0 Å². The molecule has 0 saturated heterocycles. The van der Waals surface area contributed by atoms with Gasteiger partial charge in [0.05, 0.1) is 20.3 Å². The number of methoxy groups -OCH3 is 1. The molecule has 0 bridgehead atoms. The molecule has 3 aromatic rings. The summed E-state index contributed by atoms with van der Waals surface area (Å²) in [6.07, 6.45) is 6.80. The van der Waals surface area contributed by atoms with Gasteiger partial charge in [-0.15, -0.1) is 0 Å². The molecule has 0 unspecified atom stereocenters. The third-order valence-electron chi connectivity index (χ3n) is 6.00. The van der Waals surface area contributed by atoms with Crippen LogP contribution in [-0.2, 0) is 17.8 Å². The van der Waals surface area contributed by atoms with Crippen molar-refractivity contribution < 1.29 is 19.0 Å². The number of hydrogen-bond acceptors (Lipinski definition) is 5. The van der Waals surface area contributed by atoms with E-state index in [0.29, 0.717) is 49.9 Å². The normalized spacial score (nSPS) is 14.6. The summed E-state index contributed by atoms with van der Waals surface area (Å²) in [5, 5.41) is 0. The number of para-hydroxylation sites is 3. The molecule has 0 spiro atoms. The van der Waals surface area contributed by atoms with Gasteiger partial charge in [-0.2, -0.15) is 0 Å². The lowest BCUT2D eigenvalue weighted by Crippen LogP contribution is -2.32. The zero-order valence-corrected chi connectivity index (χ0v) is 19.7. The highest BCUT2D eigenvalue weighted by Crippen LogP contribution is 2.32. The molecule has 0 radical (unpaired) electrons. The number of rotatable bonds is 4. The van der Waals surface area contributed by atoms with E-state index in [0.717, 1.165) is 42.6 Å². The second-order valence-corrected chi connectivity index (χ2v) is 8.41. The first-order chi connectivity index (χ1) is 16.7. The second kappa shape index (κ2) is 12.1. The lowest BCUT2D eigenvalue weighted by Gasteiger charge is -2.24. The summed E-state index contributed by atoms with van der Waals surface area (Å²) in [7, 11) is 1.66. The number of aryl methyl sites for hydroxylation is 1. The highest BCUT2D eigenvalue weighted by molar-refractivity contribution is 5.76. The van der Waals surface area contributed by atoms with Crippen LogP contribution in [0.3, 0.4) is 0 Å². The Kier molecular flexibility index (Phi) is 8.38. The van der Waals surface area contributed by atoms with Crippen molar-refractivity contribution in [3.8, 4) is 23.1 Å². The van der Waals surface area contributed by atoms with E-state index in [-0.39, 0.29) is 5.91 Å². The fraction of sp³-hybridized carbons (Fsp3) is 0.357. The average molecular weight is 461 g/mol. The maximum atomic E-state index is 13.3. The number of benzene rings is 2. The third kappa shape index (κ3) is 6.28. The van der Waals surface area contributed by atoms with Crippen molar-refractivity contribution >= 4 is 5.91 Å². The molecule has 1 aliphatic rings. The maximum Gasteiger partial charge on any atom is 0.224 e. The molecule has 4 rings (SSSR count). The van der Waals surface area contributed by atoms with Gasteiger partial charge in [-0.05, 0) is 49.1 Å². The summed E-state index contributed by atoms with van der Waals surface area (Å²) in [6, 6.07) is 19.4. The highest BCUT2D eigenvalue weighted by Gasteiger charge is 2.19. The molecule has 6 nitrogen and oxygen atoms in total. The van der Waals surface area contributed by atoms with Crippen molar-refractivity contribution in [3.63, 3.8) is 0 Å². The molecule has 1 aromatic heterocycles. The summed E-state index contributed by atoms with van der Waals surface area (Å²) in [4.78, 5) is 19.7. The molecule has 0 atom stereocenters. The molecule has 1 aliphatic heterocycles. The highest BCUT2D eigenvalue weighted by atomic mass is 16.5. The van der Waals surface area contributed by atoms with Gasteiger partial charge in [-0.1, -0.05) is 49.2 Å². The number of fused-ring (bicyclic) bond motifs is 2. The zero-order chi connectivity index (χ0) is 23.6. The number of pyridine rings is 1. The molecular weight excluding hydrogens is 428 g/mol. The van der Waals surface area contributed by atoms with Crippen LogP contribution >= 0.6 is 0 Å². The van der Waals surface area contributed by atoms with Gasteiger partial charge in [0.2, 0.25) is 11.8 Å². The molecule has 2 aromatic carbocycles. The van der Waals surface area contributed by atoms with Crippen LogP contribution in [0.15, 0.2) is 66.9 Å². The monoisotopic (exact) mass is 460 g/mol.